The van der Waals surface area contributed by atoms with Crippen molar-refractivity contribution in [3.05, 3.63) is 71.8 Å². The lowest BCUT2D eigenvalue weighted by Gasteiger charge is -2.37. The van der Waals surface area contributed by atoms with Gasteiger partial charge in [0.25, 0.3) is 0 Å². The number of carbonyl (C=O) groups is 1. The molecule has 2 aromatic rings. The number of carbonyl (C=O) groups excluding carboxylic acids is 1. The van der Waals surface area contributed by atoms with E-state index in [1.807, 2.05) is 36.4 Å². The first-order valence-corrected chi connectivity index (χ1v) is 7.40. The summed E-state index contributed by atoms with van der Waals surface area (Å²) in [6.07, 6.45) is 1.41. The zero-order valence-corrected chi connectivity index (χ0v) is 12.0. The minimum Gasteiger partial charge on any atom is -0.353 e. The van der Waals surface area contributed by atoms with Crippen LogP contribution in [0.3, 0.4) is 0 Å². The van der Waals surface area contributed by atoms with Gasteiger partial charge in [-0.25, -0.2) is 0 Å². The average Bonchev–Trinajstić information content (AvgIpc) is 2.52. The summed E-state index contributed by atoms with van der Waals surface area (Å²) >= 11 is 0. The van der Waals surface area contributed by atoms with Gasteiger partial charge in [-0.1, -0.05) is 60.7 Å². The molecule has 1 saturated heterocycles. The fourth-order valence-electron chi connectivity index (χ4n) is 2.96. The Morgan fingerprint density at radius 3 is 1.81 bits per heavy atom. The molecule has 0 saturated carbocycles. The van der Waals surface area contributed by atoms with Crippen molar-refractivity contribution < 1.29 is 4.79 Å². The van der Waals surface area contributed by atoms with E-state index in [4.69, 9.17) is 0 Å². The molecule has 0 aromatic heterocycles. The largest absolute Gasteiger partial charge is 0.353 e. The topological polar surface area (TPSA) is 41.1 Å². The first-order valence-electron chi connectivity index (χ1n) is 7.40. The van der Waals surface area contributed by atoms with Crippen LogP contribution in [0.1, 0.15) is 11.1 Å². The van der Waals surface area contributed by atoms with Gasteiger partial charge in [0.1, 0.15) is 5.54 Å². The van der Waals surface area contributed by atoms with Crippen molar-refractivity contribution in [3.63, 3.8) is 0 Å². The van der Waals surface area contributed by atoms with Crippen LogP contribution in [0.5, 0.6) is 0 Å². The zero-order valence-electron chi connectivity index (χ0n) is 12.0. The summed E-state index contributed by atoms with van der Waals surface area (Å²) in [5, 5.41) is 6.48. The molecule has 1 heterocycles. The van der Waals surface area contributed by atoms with E-state index in [0.717, 1.165) is 6.54 Å². The third kappa shape index (κ3) is 3.14. The van der Waals surface area contributed by atoms with E-state index in [9.17, 15) is 4.79 Å². The van der Waals surface area contributed by atoms with Crippen molar-refractivity contribution in [2.24, 2.45) is 0 Å². The maximum absolute atomic E-state index is 12.6. The third-order valence-electron chi connectivity index (χ3n) is 4.01. The first kappa shape index (κ1) is 13.8. The van der Waals surface area contributed by atoms with Crippen molar-refractivity contribution in [3.8, 4) is 0 Å². The van der Waals surface area contributed by atoms with Gasteiger partial charge in [0, 0.05) is 13.1 Å². The average molecular weight is 280 g/mol. The fraction of sp³-hybridized carbons (Fsp3) is 0.278. The van der Waals surface area contributed by atoms with Crippen LogP contribution in [-0.4, -0.2) is 24.5 Å². The Morgan fingerprint density at radius 2 is 1.33 bits per heavy atom. The summed E-state index contributed by atoms with van der Waals surface area (Å²) < 4.78 is 0. The summed E-state index contributed by atoms with van der Waals surface area (Å²) in [5.74, 6) is 0.0986. The molecule has 1 fully saturated rings. The molecule has 1 aliphatic rings. The van der Waals surface area contributed by atoms with Crippen molar-refractivity contribution in [1.82, 2.24) is 10.6 Å². The van der Waals surface area contributed by atoms with Gasteiger partial charge in [0.15, 0.2) is 0 Å². The molecule has 0 bridgehead atoms. The van der Waals surface area contributed by atoms with Gasteiger partial charge in [-0.05, 0) is 24.0 Å². The van der Waals surface area contributed by atoms with E-state index in [1.165, 1.54) is 11.1 Å². The van der Waals surface area contributed by atoms with Gasteiger partial charge in [-0.2, -0.15) is 0 Å². The number of benzene rings is 2. The minimum atomic E-state index is -0.555. The Bertz CT molecular complexity index is 554. The summed E-state index contributed by atoms with van der Waals surface area (Å²) in [6.45, 7) is 1.51. The van der Waals surface area contributed by atoms with Crippen LogP contribution in [0, 0.1) is 0 Å². The van der Waals surface area contributed by atoms with Gasteiger partial charge in [-0.3, -0.25) is 4.79 Å². The highest BCUT2D eigenvalue weighted by Crippen LogP contribution is 2.21. The lowest BCUT2D eigenvalue weighted by atomic mass is 9.82. The first-order chi connectivity index (χ1) is 10.3. The van der Waals surface area contributed by atoms with Crippen molar-refractivity contribution in [2.45, 2.75) is 18.4 Å². The third-order valence-corrected chi connectivity index (χ3v) is 4.01. The zero-order chi connectivity index (χ0) is 14.5. The van der Waals surface area contributed by atoms with E-state index >= 15 is 0 Å². The molecular weight excluding hydrogens is 260 g/mol. The van der Waals surface area contributed by atoms with Crippen LogP contribution < -0.4 is 10.6 Å². The molecule has 0 radical (unpaired) electrons. The second-order valence-electron chi connectivity index (χ2n) is 5.59. The van der Waals surface area contributed by atoms with Crippen molar-refractivity contribution in [1.29, 1.82) is 0 Å². The molecule has 1 amide bonds. The molecule has 3 nitrogen and oxygen atoms in total. The fourth-order valence-corrected chi connectivity index (χ4v) is 2.96. The van der Waals surface area contributed by atoms with Crippen LogP contribution in [-0.2, 0) is 17.6 Å². The SMILES string of the molecule is O=C1NCCNC1(Cc1ccccc1)Cc1ccccc1. The van der Waals surface area contributed by atoms with Gasteiger partial charge in [-0.15, -0.1) is 0 Å². The molecule has 108 valence electrons. The van der Waals surface area contributed by atoms with Gasteiger partial charge in [0.05, 0.1) is 0 Å². The maximum atomic E-state index is 12.6. The molecule has 0 atom stereocenters. The molecule has 0 unspecified atom stereocenters. The normalized spacial score (nSPS) is 17.2. The number of hydrogen-bond donors (Lipinski definition) is 2. The number of hydrogen-bond acceptors (Lipinski definition) is 2. The molecule has 1 aliphatic heterocycles. The second-order valence-corrected chi connectivity index (χ2v) is 5.59. The maximum Gasteiger partial charge on any atom is 0.241 e. The highest BCUT2D eigenvalue weighted by Gasteiger charge is 2.40. The number of amides is 1. The Labute approximate surface area is 125 Å². The van der Waals surface area contributed by atoms with Crippen LogP contribution in [0.25, 0.3) is 0 Å². The smallest absolute Gasteiger partial charge is 0.241 e. The number of nitrogens with one attached hydrogen (secondary N) is 2. The predicted molar refractivity (Wildman–Crippen MR) is 84.0 cm³/mol. The lowest BCUT2D eigenvalue weighted by Crippen LogP contribution is -2.65. The highest BCUT2D eigenvalue weighted by atomic mass is 16.2. The Balaban J connectivity index is 1.89. The van der Waals surface area contributed by atoms with Crippen molar-refractivity contribution in [2.75, 3.05) is 13.1 Å². The van der Waals surface area contributed by atoms with Gasteiger partial charge in [0.2, 0.25) is 5.91 Å². The van der Waals surface area contributed by atoms with Gasteiger partial charge < -0.3 is 10.6 Å². The Hall–Kier alpha value is -2.13. The minimum absolute atomic E-state index is 0.0986. The van der Waals surface area contributed by atoms with Crippen molar-refractivity contribution >= 4 is 5.91 Å². The van der Waals surface area contributed by atoms with E-state index in [-0.39, 0.29) is 5.91 Å². The molecule has 3 heteroatoms. The second kappa shape index (κ2) is 6.10. The monoisotopic (exact) mass is 280 g/mol. The van der Waals surface area contributed by atoms with E-state index in [1.54, 1.807) is 0 Å². The predicted octanol–water partition coefficient (Wildman–Crippen LogP) is 1.93. The van der Waals surface area contributed by atoms with Crippen LogP contribution in [0.15, 0.2) is 60.7 Å². The summed E-state index contributed by atoms with van der Waals surface area (Å²) in [5.41, 5.74) is 1.80. The number of rotatable bonds is 4. The standard InChI is InChI=1S/C18H20N2O/c21-17-18(20-12-11-19-17,13-15-7-3-1-4-8-15)14-16-9-5-2-6-10-16/h1-10,20H,11-14H2,(H,19,21). The summed E-state index contributed by atoms with van der Waals surface area (Å²) in [6, 6.07) is 20.4. The molecule has 3 rings (SSSR count). The molecule has 2 aromatic carbocycles. The molecule has 0 aliphatic carbocycles. The van der Waals surface area contributed by atoms with Gasteiger partial charge >= 0.3 is 0 Å². The van der Waals surface area contributed by atoms with Crippen LogP contribution in [0.4, 0.5) is 0 Å². The Kier molecular flexibility index (Phi) is 4.02. The summed E-state index contributed by atoms with van der Waals surface area (Å²) in [4.78, 5) is 12.6. The molecule has 0 spiro atoms. The number of piperazine rings is 1. The lowest BCUT2D eigenvalue weighted by molar-refractivity contribution is -0.129. The van der Waals surface area contributed by atoms with E-state index in [2.05, 4.69) is 34.9 Å². The molecular formula is C18H20N2O. The van der Waals surface area contributed by atoms with Crippen LogP contribution >= 0.6 is 0 Å². The Morgan fingerprint density at radius 1 is 0.810 bits per heavy atom. The molecule has 2 N–H and O–H groups in total. The highest BCUT2D eigenvalue weighted by molar-refractivity contribution is 5.87. The van der Waals surface area contributed by atoms with Crippen LogP contribution in [0.2, 0.25) is 0 Å². The van der Waals surface area contributed by atoms with E-state index < -0.39 is 5.54 Å². The quantitative estimate of drug-likeness (QED) is 0.898. The van der Waals surface area contributed by atoms with E-state index in [0.29, 0.717) is 19.4 Å². The summed E-state index contributed by atoms with van der Waals surface area (Å²) in [7, 11) is 0. The molecule has 21 heavy (non-hydrogen) atoms.